The predicted octanol–water partition coefficient (Wildman–Crippen LogP) is 2.32. The zero-order valence-electron chi connectivity index (χ0n) is 21.4. The van der Waals surface area contributed by atoms with Crippen LogP contribution < -0.4 is 5.73 Å². The maximum atomic E-state index is 10.5. The summed E-state index contributed by atoms with van der Waals surface area (Å²) >= 11 is 0. The molecular weight excluding hydrogens is 434 g/mol. The molecule has 0 aromatic carbocycles. The van der Waals surface area contributed by atoms with Crippen LogP contribution in [-0.4, -0.2) is 68.9 Å². The normalized spacial score (nSPS) is 58.5. The Bertz CT molecular complexity index is 765. The van der Waals surface area contributed by atoms with Gasteiger partial charge in [0.25, 0.3) is 0 Å². The number of aliphatic hydroxyl groups excluding tert-OH is 4. The highest BCUT2D eigenvalue weighted by atomic mass is 16.7. The van der Waals surface area contributed by atoms with E-state index in [1.165, 1.54) is 6.42 Å². The molecule has 196 valence electrons. The van der Waals surface area contributed by atoms with E-state index in [-0.39, 0.29) is 28.6 Å². The first-order valence-electron chi connectivity index (χ1n) is 13.7. The third-order valence-electron chi connectivity index (χ3n) is 11.7. The maximum Gasteiger partial charge on any atom is 0.186 e. The summed E-state index contributed by atoms with van der Waals surface area (Å²) < 4.78 is 11.9. The third-order valence-corrected chi connectivity index (χ3v) is 11.7. The van der Waals surface area contributed by atoms with Gasteiger partial charge in [-0.05, 0) is 106 Å². The topological polar surface area (TPSA) is 125 Å². The van der Waals surface area contributed by atoms with Crippen LogP contribution in [0.15, 0.2) is 0 Å². The van der Waals surface area contributed by atoms with Crippen molar-refractivity contribution < 1.29 is 29.9 Å². The van der Waals surface area contributed by atoms with Crippen molar-refractivity contribution in [2.45, 2.75) is 134 Å². The number of rotatable bonds is 3. The molecule has 5 aliphatic rings. The van der Waals surface area contributed by atoms with Crippen molar-refractivity contribution in [1.29, 1.82) is 0 Å². The molecule has 7 nitrogen and oxygen atoms in total. The van der Waals surface area contributed by atoms with E-state index in [1.54, 1.807) is 6.92 Å². The fraction of sp³-hybridized carbons (Fsp3) is 1.00. The zero-order valence-corrected chi connectivity index (χ0v) is 21.4. The van der Waals surface area contributed by atoms with Gasteiger partial charge in [0.1, 0.15) is 18.3 Å². The van der Waals surface area contributed by atoms with Crippen molar-refractivity contribution in [2.75, 3.05) is 0 Å². The molecule has 6 N–H and O–H groups in total. The molecule has 0 aromatic rings. The summed E-state index contributed by atoms with van der Waals surface area (Å²) in [6.45, 7) is 8.47. The Hall–Kier alpha value is -0.280. The molecular formula is C27H47NO6. The van der Waals surface area contributed by atoms with Crippen LogP contribution in [0.1, 0.15) is 85.5 Å². The van der Waals surface area contributed by atoms with E-state index >= 15 is 0 Å². The number of aliphatic hydroxyl groups is 4. The molecule has 7 heteroatoms. The summed E-state index contributed by atoms with van der Waals surface area (Å²) in [4.78, 5) is 0. The average Bonchev–Trinajstić information content (AvgIpc) is 3.07. The van der Waals surface area contributed by atoms with Gasteiger partial charge in [0.15, 0.2) is 6.29 Å². The largest absolute Gasteiger partial charge is 0.393 e. The number of ether oxygens (including phenoxy) is 2. The summed E-state index contributed by atoms with van der Waals surface area (Å²) in [6, 6.07) is 0. The second-order valence-corrected chi connectivity index (χ2v) is 13.1. The van der Waals surface area contributed by atoms with Crippen molar-refractivity contribution in [3.8, 4) is 0 Å². The van der Waals surface area contributed by atoms with Crippen molar-refractivity contribution in [3.63, 3.8) is 0 Å². The Morgan fingerprint density at radius 1 is 0.912 bits per heavy atom. The molecule has 0 bridgehead atoms. The molecule has 1 heterocycles. The van der Waals surface area contributed by atoms with Gasteiger partial charge in [0, 0.05) is 5.54 Å². The lowest BCUT2D eigenvalue weighted by Crippen LogP contribution is -2.67. The summed E-state index contributed by atoms with van der Waals surface area (Å²) in [6.07, 6.45) is 4.12. The Kier molecular flexibility index (Phi) is 6.45. The van der Waals surface area contributed by atoms with Gasteiger partial charge in [0.2, 0.25) is 0 Å². The SMILES string of the molecule is C[C@H](O)[C@H]1CC[C@]2(N)C3CCC4C[C@@H](O[C@@H]5O[C@H](C)[C@H](O)[C@@H](O)[C@H]5O)CC[C@]4(C)C3CC[C@]12C. The van der Waals surface area contributed by atoms with Crippen LogP contribution in [0.25, 0.3) is 0 Å². The molecule has 4 saturated carbocycles. The van der Waals surface area contributed by atoms with E-state index in [1.807, 2.05) is 6.92 Å². The van der Waals surface area contributed by atoms with Crippen molar-refractivity contribution in [1.82, 2.24) is 0 Å². The molecule has 0 amide bonds. The van der Waals surface area contributed by atoms with Gasteiger partial charge in [0.05, 0.1) is 18.3 Å². The van der Waals surface area contributed by atoms with Gasteiger partial charge in [-0.2, -0.15) is 0 Å². The minimum Gasteiger partial charge on any atom is -0.393 e. The number of hydrogen-bond acceptors (Lipinski definition) is 7. The molecule has 0 spiro atoms. The van der Waals surface area contributed by atoms with Crippen LogP contribution in [0.5, 0.6) is 0 Å². The molecule has 3 unspecified atom stereocenters. The second kappa shape index (κ2) is 8.64. The van der Waals surface area contributed by atoms with Gasteiger partial charge in [-0.25, -0.2) is 0 Å². The van der Waals surface area contributed by atoms with Crippen molar-refractivity contribution >= 4 is 0 Å². The summed E-state index contributed by atoms with van der Waals surface area (Å²) in [5.41, 5.74) is 7.40. The van der Waals surface area contributed by atoms with Crippen LogP contribution in [-0.2, 0) is 9.47 Å². The lowest BCUT2D eigenvalue weighted by atomic mass is 9.42. The molecule has 5 rings (SSSR count). The zero-order chi connectivity index (χ0) is 24.6. The standard InChI is InChI=1S/C27H47NO6/c1-14(29)18-9-12-27(28)20-6-5-16-13-17(34-24-23(32)22(31)21(30)15(2)33-24)7-10-25(16,3)19(20)8-11-26(18,27)4/h14-24,29-32H,5-13,28H2,1-4H3/t14-,15+,16?,17-,18+,19?,20?,21-,22+,23+,24-,25-,26+,27-/m0/s1. The fourth-order valence-corrected chi connectivity index (χ4v) is 9.54. The van der Waals surface area contributed by atoms with Crippen LogP contribution in [0.4, 0.5) is 0 Å². The smallest absolute Gasteiger partial charge is 0.186 e. The maximum absolute atomic E-state index is 10.5. The Balaban J connectivity index is 1.29. The van der Waals surface area contributed by atoms with Crippen molar-refractivity contribution in [3.05, 3.63) is 0 Å². The summed E-state index contributed by atoms with van der Waals surface area (Å²) in [7, 11) is 0. The van der Waals surface area contributed by atoms with E-state index in [4.69, 9.17) is 15.2 Å². The average molecular weight is 482 g/mol. The Labute approximate surface area is 204 Å². The van der Waals surface area contributed by atoms with Crippen LogP contribution in [0, 0.1) is 34.5 Å². The molecule has 14 atom stereocenters. The highest BCUT2D eigenvalue weighted by molar-refractivity contribution is 5.19. The molecule has 34 heavy (non-hydrogen) atoms. The molecule has 4 aliphatic carbocycles. The van der Waals surface area contributed by atoms with Gasteiger partial charge in [-0.15, -0.1) is 0 Å². The fourth-order valence-electron chi connectivity index (χ4n) is 9.54. The van der Waals surface area contributed by atoms with E-state index in [0.29, 0.717) is 23.7 Å². The molecule has 1 saturated heterocycles. The van der Waals surface area contributed by atoms with Gasteiger partial charge in [-0.1, -0.05) is 13.8 Å². The lowest BCUT2D eigenvalue weighted by molar-refractivity contribution is -0.309. The van der Waals surface area contributed by atoms with E-state index < -0.39 is 30.7 Å². The first kappa shape index (κ1) is 25.4. The van der Waals surface area contributed by atoms with Crippen molar-refractivity contribution in [2.24, 2.45) is 40.2 Å². The first-order chi connectivity index (χ1) is 15.9. The highest BCUT2D eigenvalue weighted by Gasteiger charge is 2.66. The molecule has 5 fully saturated rings. The summed E-state index contributed by atoms with van der Waals surface area (Å²) in [5.74, 6) is 1.95. The number of fused-ring (bicyclic) bond motifs is 5. The third kappa shape index (κ3) is 3.56. The van der Waals surface area contributed by atoms with Crippen LogP contribution in [0.2, 0.25) is 0 Å². The Morgan fingerprint density at radius 3 is 2.35 bits per heavy atom. The monoisotopic (exact) mass is 481 g/mol. The quantitative estimate of drug-likeness (QED) is 0.392. The second-order valence-electron chi connectivity index (χ2n) is 13.1. The molecule has 0 aromatic heterocycles. The summed E-state index contributed by atoms with van der Waals surface area (Å²) in [5, 5.41) is 41.0. The minimum absolute atomic E-state index is 0.0163. The predicted molar refractivity (Wildman–Crippen MR) is 128 cm³/mol. The molecule has 0 radical (unpaired) electrons. The first-order valence-corrected chi connectivity index (χ1v) is 13.7. The van der Waals surface area contributed by atoms with Gasteiger partial charge < -0.3 is 35.6 Å². The van der Waals surface area contributed by atoms with E-state index in [0.717, 1.165) is 51.4 Å². The number of hydrogen-bond donors (Lipinski definition) is 5. The Morgan fingerprint density at radius 2 is 1.65 bits per heavy atom. The minimum atomic E-state index is -1.26. The van der Waals surface area contributed by atoms with Crippen LogP contribution in [0.3, 0.4) is 0 Å². The van der Waals surface area contributed by atoms with E-state index in [9.17, 15) is 20.4 Å². The van der Waals surface area contributed by atoms with Gasteiger partial charge >= 0.3 is 0 Å². The number of nitrogens with two attached hydrogens (primary N) is 1. The van der Waals surface area contributed by atoms with Crippen LogP contribution >= 0.6 is 0 Å². The van der Waals surface area contributed by atoms with Gasteiger partial charge in [-0.3, -0.25) is 0 Å². The highest BCUT2D eigenvalue weighted by Crippen LogP contribution is 2.68. The van der Waals surface area contributed by atoms with E-state index in [2.05, 4.69) is 13.8 Å². The lowest BCUT2D eigenvalue weighted by Gasteiger charge is -2.64. The molecule has 1 aliphatic heterocycles.